The molecule has 0 aromatic heterocycles. The molecule has 20 heavy (non-hydrogen) atoms. The molecule has 0 bridgehead atoms. The van der Waals surface area contributed by atoms with Crippen molar-refractivity contribution in [3.05, 3.63) is 29.8 Å². The van der Waals surface area contributed by atoms with Gasteiger partial charge in [0.15, 0.2) is 0 Å². The number of para-hydroxylation sites is 1. The van der Waals surface area contributed by atoms with Crippen molar-refractivity contribution in [1.82, 2.24) is 4.90 Å². The summed E-state index contributed by atoms with van der Waals surface area (Å²) in [4.78, 5) is 14.8. The Kier molecular flexibility index (Phi) is 3.66. The van der Waals surface area contributed by atoms with E-state index >= 15 is 0 Å². The lowest BCUT2D eigenvalue weighted by Gasteiger charge is -2.39. The van der Waals surface area contributed by atoms with E-state index in [1.165, 1.54) is 5.56 Å². The number of hydrogen-bond acceptors (Lipinski definition) is 3. The molecular formula is C16H22N2O2. The van der Waals surface area contributed by atoms with Crippen molar-refractivity contribution < 1.29 is 9.53 Å². The molecule has 3 atom stereocenters. The lowest BCUT2D eigenvalue weighted by Crippen LogP contribution is -2.55. The Hall–Kier alpha value is -1.55. The quantitative estimate of drug-likeness (QED) is 0.897. The first-order valence-corrected chi connectivity index (χ1v) is 7.45. The van der Waals surface area contributed by atoms with E-state index in [0.717, 1.165) is 18.5 Å². The predicted molar refractivity (Wildman–Crippen MR) is 78.8 cm³/mol. The molecule has 0 spiro atoms. The summed E-state index contributed by atoms with van der Waals surface area (Å²) in [7, 11) is 0. The van der Waals surface area contributed by atoms with E-state index in [0.29, 0.717) is 13.2 Å². The molecule has 1 aromatic rings. The van der Waals surface area contributed by atoms with Gasteiger partial charge in [0.05, 0.1) is 18.8 Å². The van der Waals surface area contributed by atoms with Crippen LogP contribution in [0.25, 0.3) is 0 Å². The van der Waals surface area contributed by atoms with Gasteiger partial charge in [0, 0.05) is 18.7 Å². The zero-order valence-corrected chi connectivity index (χ0v) is 12.1. The van der Waals surface area contributed by atoms with Crippen LogP contribution in [0.3, 0.4) is 0 Å². The Morgan fingerprint density at radius 2 is 2.25 bits per heavy atom. The minimum atomic E-state index is -0.119. The monoisotopic (exact) mass is 274 g/mol. The van der Waals surface area contributed by atoms with Crippen LogP contribution in [-0.4, -0.2) is 42.1 Å². The minimum absolute atomic E-state index is 0.119. The summed E-state index contributed by atoms with van der Waals surface area (Å²) in [5.41, 5.74) is 2.33. The lowest BCUT2D eigenvalue weighted by molar-refractivity contribution is -0.145. The van der Waals surface area contributed by atoms with E-state index in [2.05, 4.69) is 18.3 Å². The van der Waals surface area contributed by atoms with Crippen LogP contribution in [0.1, 0.15) is 25.8 Å². The highest BCUT2D eigenvalue weighted by molar-refractivity contribution is 5.87. The molecule has 2 heterocycles. The van der Waals surface area contributed by atoms with Crippen LogP contribution in [-0.2, 0) is 16.0 Å². The maximum absolute atomic E-state index is 12.8. The number of nitrogens with zero attached hydrogens (tertiary/aromatic N) is 1. The van der Waals surface area contributed by atoms with Gasteiger partial charge < -0.3 is 15.0 Å². The number of carbonyl (C=O) groups is 1. The maximum Gasteiger partial charge on any atom is 0.245 e. The van der Waals surface area contributed by atoms with Gasteiger partial charge in [0.1, 0.15) is 6.04 Å². The van der Waals surface area contributed by atoms with Crippen molar-refractivity contribution in [2.75, 3.05) is 18.5 Å². The Balaban J connectivity index is 1.73. The largest absolute Gasteiger partial charge is 0.375 e. The fraction of sp³-hybridized carbons (Fsp3) is 0.562. The van der Waals surface area contributed by atoms with Crippen LogP contribution in [0, 0.1) is 0 Å². The summed E-state index contributed by atoms with van der Waals surface area (Å²) < 4.78 is 5.67. The summed E-state index contributed by atoms with van der Waals surface area (Å²) in [6.45, 7) is 5.50. The molecule has 1 N–H and O–H groups in total. The third-order valence-electron chi connectivity index (χ3n) is 4.29. The first-order valence-electron chi connectivity index (χ1n) is 7.45. The van der Waals surface area contributed by atoms with Gasteiger partial charge in [-0.25, -0.2) is 0 Å². The van der Waals surface area contributed by atoms with Crippen LogP contribution in [0.15, 0.2) is 24.3 Å². The van der Waals surface area contributed by atoms with Gasteiger partial charge in [-0.2, -0.15) is 0 Å². The molecule has 3 rings (SSSR count). The SMILES string of the molecule is CCC1COC(C)CN1C(=O)[C@@H]1Cc2ccccc2N1. The number of anilines is 1. The molecular weight excluding hydrogens is 252 g/mol. The molecule has 2 aliphatic rings. The molecule has 4 heteroatoms. The highest BCUT2D eigenvalue weighted by Gasteiger charge is 2.35. The molecule has 1 amide bonds. The maximum atomic E-state index is 12.8. The van der Waals surface area contributed by atoms with E-state index in [-0.39, 0.29) is 24.1 Å². The lowest BCUT2D eigenvalue weighted by atomic mass is 10.1. The van der Waals surface area contributed by atoms with Crippen LogP contribution in [0.4, 0.5) is 5.69 Å². The zero-order chi connectivity index (χ0) is 14.1. The fourth-order valence-electron chi connectivity index (χ4n) is 3.10. The second kappa shape index (κ2) is 5.44. The number of nitrogens with one attached hydrogen (secondary N) is 1. The highest BCUT2D eigenvalue weighted by atomic mass is 16.5. The number of ether oxygens (including phenoxy) is 1. The van der Waals surface area contributed by atoms with Crippen molar-refractivity contribution in [3.63, 3.8) is 0 Å². The first kappa shape index (κ1) is 13.4. The molecule has 0 radical (unpaired) electrons. The van der Waals surface area contributed by atoms with E-state index in [9.17, 15) is 4.79 Å². The molecule has 0 saturated carbocycles. The molecule has 2 aliphatic heterocycles. The van der Waals surface area contributed by atoms with Gasteiger partial charge >= 0.3 is 0 Å². The van der Waals surface area contributed by atoms with Crippen LogP contribution < -0.4 is 5.32 Å². The number of amides is 1. The standard InChI is InChI=1S/C16H22N2O2/c1-3-13-10-20-11(2)9-18(13)16(19)15-8-12-6-4-5-7-14(12)17-15/h4-7,11,13,15,17H,3,8-10H2,1-2H3/t11?,13?,15-/m0/s1. The summed E-state index contributed by atoms with van der Waals surface area (Å²) in [6, 6.07) is 8.26. The molecule has 4 nitrogen and oxygen atoms in total. The van der Waals surface area contributed by atoms with Crippen LogP contribution in [0.5, 0.6) is 0 Å². The fourth-order valence-corrected chi connectivity index (χ4v) is 3.10. The number of rotatable bonds is 2. The number of morpholine rings is 1. The van der Waals surface area contributed by atoms with Gasteiger partial charge in [-0.15, -0.1) is 0 Å². The summed E-state index contributed by atoms with van der Waals surface area (Å²) in [6.07, 6.45) is 1.86. The van der Waals surface area contributed by atoms with Gasteiger partial charge in [0.25, 0.3) is 0 Å². The Bertz CT molecular complexity index is 478. The molecule has 0 aliphatic carbocycles. The van der Waals surface area contributed by atoms with Crippen LogP contribution in [0.2, 0.25) is 0 Å². The number of hydrogen-bond donors (Lipinski definition) is 1. The molecule has 1 fully saturated rings. The van der Waals surface area contributed by atoms with Gasteiger partial charge in [-0.1, -0.05) is 25.1 Å². The van der Waals surface area contributed by atoms with E-state index in [1.807, 2.05) is 30.0 Å². The third-order valence-corrected chi connectivity index (χ3v) is 4.29. The van der Waals surface area contributed by atoms with Gasteiger partial charge in [-0.3, -0.25) is 4.79 Å². The Morgan fingerprint density at radius 3 is 3.00 bits per heavy atom. The molecule has 108 valence electrons. The topological polar surface area (TPSA) is 41.6 Å². The highest BCUT2D eigenvalue weighted by Crippen LogP contribution is 2.27. The van der Waals surface area contributed by atoms with Crippen molar-refractivity contribution in [1.29, 1.82) is 0 Å². The number of benzene rings is 1. The summed E-state index contributed by atoms with van der Waals surface area (Å²) in [5, 5.41) is 3.36. The van der Waals surface area contributed by atoms with Crippen molar-refractivity contribution in [3.8, 4) is 0 Å². The van der Waals surface area contributed by atoms with Crippen molar-refractivity contribution in [2.45, 2.75) is 44.9 Å². The Morgan fingerprint density at radius 1 is 1.45 bits per heavy atom. The molecule has 1 saturated heterocycles. The van der Waals surface area contributed by atoms with Crippen molar-refractivity contribution in [2.24, 2.45) is 0 Å². The number of fused-ring (bicyclic) bond motifs is 1. The van der Waals surface area contributed by atoms with E-state index < -0.39 is 0 Å². The first-order chi connectivity index (χ1) is 9.69. The minimum Gasteiger partial charge on any atom is -0.375 e. The molecule has 2 unspecified atom stereocenters. The predicted octanol–water partition coefficient (Wildman–Crippen LogP) is 2.05. The van der Waals surface area contributed by atoms with Crippen LogP contribution >= 0.6 is 0 Å². The summed E-state index contributed by atoms with van der Waals surface area (Å²) in [5.74, 6) is 0.211. The summed E-state index contributed by atoms with van der Waals surface area (Å²) >= 11 is 0. The average molecular weight is 274 g/mol. The van der Waals surface area contributed by atoms with E-state index in [1.54, 1.807) is 0 Å². The average Bonchev–Trinajstić information content (AvgIpc) is 2.90. The van der Waals surface area contributed by atoms with E-state index in [4.69, 9.17) is 4.74 Å². The van der Waals surface area contributed by atoms with Crippen molar-refractivity contribution >= 4 is 11.6 Å². The Labute approximate surface area is 120 Å². The second-order valence-corrected chi connectivity index (χ2v) is 5.75. The third kappa shape index (κ3) is 2.40. The smallest absolute Gasteiger partial charge is 0.245 e. The normalized spacial score (nSPS) is 28.9. The molecule has 1 aromatic carbocycles. The van der Waals surface area contributed by atoms with Gasteiger partial charge in [-0.05, 0) is 25.0 Å². The number of carbonyl (C=O) groups excluding carboxylic acids is 1. The van der Waals surface area contributed by atoms with Gasteiger partial charge in [0.2, 0.25) is 5.91 Å². The second-order valence-electron chi connectivity index (χ2n) is 5.75. The zero-order valence-electron chi connectivity index (χ0n) is 12.1.